The van der Waals surface area contributed by atoms with Crippen LogP contribution in [0.1, 0.15) is 11.1 Å². The van der Waals surface area contributed by atoms with Crippen LogP contribution in [-0.2, 0) is 10.0 Å². The zero-order chi connectivity index (χ0) is 15.2. The summed E-state index contributed by atoms with van der Waals surface area (Å²) in [6.45, 7) is 2.58. The van der Waals surface area contributed by atoms with Crippen molar-refractivity contribution in [2.45, 2.75) is 11.8 Å². The van der Waals surface area contributed by atoms with Crippen LogP contribution in [0.3, 0.4) is 0 Å². The fraction of sp³-hybridized carbons (Fsp3) is 0.429. The average Bonchev–Trinajstić information content (AvgIpc) is 2.42. The minimum atomic E-state index is -3.51. The minimum absolute atomic E-state index is 0.204. The molecule has 0 heterocycles. The maximum atomic E-state index is 12.6. The fourth-order valence-corrected chi connectivity index (χ4v) is 3.49. The average molecular weight is 312 g/mol. The van der Waals surface area contributed by atoms with Crippen molar-refractivity contribution in [3.8, 4) is 11.8 Å². The monoisotopic (exact) mass is 312 g/mol. The van der Waals surface area contributed by atoms with Gasteiger partial charge in [-0.05, 0) is 30.9 Å². The third kappa shape index (κ3) is 4.25. The van der Waals surface area contributed by atoms with E-state index in [1.165, 1.54) is 4.31 Å². The molecule has 0 bridgehead atoms. The highest BCUT2D eigenvalue weighted by molar-refractivity contribution is 7.98. The number of rotatable bonds is 5. The summed E-state index contributed by atoms with van der Waals surface area (Å²) in [6, 6.07) is 5.17. The van der Waals surface area contributed by atoms with Crippen molar-refractivity contribution in [3.63, 3.8) is 0 Å². The van der Waals surface area contributed by atoms with E-state index in [4.69, 9.17) is 5.73 Å². The summed E-state index contributed by atoms with van der Waals surface area (Å²) in [4.78, 5) is 0.243. The molecule has 0 aliphatic heterocycles. The van der Waals surface area contributed by atoms with Crippen molar-refractivity contribution in [2.75, 3.05) is 32.1 Å². The lowest BCUT2D eigenvalue weighted by molar-refractivity contribution is 0.488. The number of hydrogen-bond donors (Lipinski definition) is 1. The van der Waals surface area contributed by atoms with Crippen molar-refractivity contribution in [1.82, 2.24) is 4.31 Å². The van der Waals surface area contributed by atoms with Gasteiger partial charge >= 0.3 is 0 Å². The SMILES string of the molecule is CSCCN(C)S(=O)(=O)c1ccc(C)cc1C#CCN. The van der Waals surface area contributed by atoms with Crippen LogP contribution in [0.4, 0.5) is 0 Å². The van der Waals surface area contributed by atoms with E-state index >= 15 is 0 Å². The summed E-state index contributed by atoms with van der Waals surface area (Å²) in [5.41, 5.74) is 6.84. The Kier molecular flexibility index (Phi) is 6.56. The van der Waals surface area contributed by atoms with Gasteiger partial charge in [0.2, 0.25) is 10.0 Å². The first-order valence-corrected chi connectivity index (χ1v) is 9.01. The zero-order valence-corrected chi connectivity index (χ0v) is 13.6. The Hall–Kier alpha value is -1.00. The molecule has 1 rings (SSSR count). The van der Waals surface area contributed by atoms with Crippen LogP contribution < -0.4 is 5.73 Å². The van der Waals surface area contributed by atoms with Crippen LogP contribution in [0, 0.1) is 18.8 Å². The molecule has 0 atom stereocenters. The summed E-state index contributed by atoms with van der Waals surface area (Å²) in [7, 11) is -1.92. The van der Waals surface area contributed by atoms with Gasteiger partial charge in [0.15, 0.2) is 0 Å². The molecule has 4 nitrogen and oxygen atoms in total. The van der Waals surface area contributed by atoms with Gasteiger partial charge in [-0.25, -0.2) is 12.7 Å². The number of benzene rings is 1. The summed E-state index contributed by atoms with van der Waals surface area (Å²) in [5.74, 6) is 6.32. The molecule has 0 aliphatic carbocycles. The molecule has 0 saturated carbocycles. The van der Waals surface area contributed by atoms with E-state index in [1.54, 1.807) is 37.0 Å². The topological polar surface area (TPSA) is 63.4 Å². The van der Waals surface area contributed by atoms with Gasteiger partial charge in [-0.15, -0.1) is 0 Å². The number of nitrogens with zero attached hydrogens (tertiary/aromatic N) is 1. The van der Waals surface area contributed by atoms with E-state index in [1.807, 2.05) is 13.2 Å². The molecule has 0 aliphatic rings. The van der Waals surface area contributed by atoms with Gasteiger partial charge in [0.25, 0.3) is 0 Å². The van der Waals surface area contributed by atoms with Crippen LogP contribution >= 0.6 is 11.8 Å². The first-order valence-electron chi connectivity index (χ1n) is 6.18. The van der Waals surface area contributed by atoms with Gasteiger partial charge in [-0.2, -0.15) is 11.8 Å². The Morgan fingerprint density at radius 1 is 1.40 bits per heavy atom. The van der Waals surface area contributed by atoms with E-state index in [0.29, 0.717) is 12.1 Å². The summed E-state index contributed by atoms with van der Waals surface area (Å²) < 4.78 is 26.5. The standard InChI is InChI=1S/C14H20N2O2S2/c1-12-6-7-14(13(11-12)5-4-8-15)20(17,18)16(2)9-10-19-3/h6-7,11H,8-10,15H2,1-3H3. The van der Waals surface area contributed by atoms with Crippen molar-refractivity contribution in [1.29, 1.82) is 0 Å². The first-order chi connectivity index (χ1) is 9.43. The third-order valence-electron chi connectivity index (χ3n) is 2.76. The molecule has 0 saturated heterocycles. The second-order valence-electron chi connectivity index (χ2n) is 4.32. The van der Waals surface area contributed by atoms with E-state index in [0.717, 1.165) is 11.3 Å². The molecule has 1 aromatic rings. The molecule has 2 N–H and O–H groups in total. The Labute approximate surface area is 125 Å². The lowest BCUT2D eigenvalue weighted by Gasteiger charge is -2.17. The second-order valence-corrected chi connectivity index (χ2v) is 7.32. The predicted molar refractivity (Wildman–Crippen MR) is 85.3 cm³/mol. The molecule has 0 aromatic heterocycles. The van der Waals surface area contributed by atoms with Gasteiger partial charge in [-0.1, -0.05) is 17.9 Å². The van der Waals surface area contributed by atoms with Crippen LogP contribution in [0.2, 0.25) is 0 Å². The fourth-order valence-electron chi connectivity index (χ4n) is 1.62. The van der Waals surface area contributed by atoms with Crippen LogP contribution in [-0.4, -0.2) is 44.9 Å². The number of hydrogen-bond acceptors (Lipinski definition) is 4. The lowest BCUT2D eigenvalue weighted by Crippen LogP contribution is -2.29. The normalized spacial score (nSPS) is 11.2. The Morgan fingerprint density at radius 3 is 2.70 bits per heavy atom. The number of thioether (sulfide) groups is 1. The highest BCUT2D eigenvalue weighted by Gasteiger charge is 2.23. The van der Waals surface area contributed by atoms with Crippen LogP contribution in [0.5, 0.6) is 0 Å². The van der Waals surface area contributed by atoms with Gasteiger partial charge in [0.05, 0.1) is 11.4 Å². The molecular formula is C14H20N2O2S2. The van der Waals surface area contributed by atoms with Gasteiger partial charge < -0.3 is 5.73 Å². The first kappa shape index (κ1) is 17.1. The van der Waals surface area contributed by atoms with Gasteiger partial charge in [-0.3, -0.25) is 0 Å². The molecular weight excluding hydrogens is 292 g/mol. The molecule has 0 unspecified atom stereocenters. The maximum absolute atomic E-state index is 12.6. The second kappa shape index (κ2) is 7.70. The molecule has 6 heteroatoms. The van der Waals surface area contributed by atoms with Crippen molar-refractivity contribution in [3.05, 3.63) is 29.3 Å². The smallest absolute Gasteiger partial charge is 0.244 e. The molecule has 20 heavy (non-hydrogen) atoms. The third-order valence-corrected chi connectivity index (χ3v) is 5.26. The largest absolute Gasteiger partial charge is 0.320 e. The molecule has 0 fully saturated rings. The Balaban J connectivity index is 3.23. The Morgan fingerprint density at radius 2 is 2.10 bits per heavy atom. The lowest BCUT2D eigenvalue weighted by atomic mass is 10.1. The number of nitrogens with two attached hydrogens (primary N) is 1. The summed E-state index contributed by atoms with van der Waals surface area (Å²) in [5, 5.41) is 0. The molecule has 0 radical (unpaired) electrons. The van der Waals surface area contributed by atoms with Crippen LogP contribution in [0.25, 0.3) is 0 Å². The highest BCUT2D eigenvalue weighted by Crippen LogP contribution is 2.20. The minimum Gasteiger partial charge on any atom is -0.320 e. The van der Waals surface area contributed by atoms with Gasteiger partial charge in [0, 0.05) is 24.9 Å². The highest BCUT2D eigenvalue weighted by atomic mass is 32.2. The summed E-state index contributed by atoms with van der Waals surface area (Å²) >= 11 is 1.61. The summed E-state index contributed by atoms with van der Waals surface area (Å²) in [6.07, 6.45) is 1.95. The number of aryl methyl sites for hydroxylation is 1. The van der Waals surface area contributed by atoms with Gasteiger partial charge in [0.1, 0.15) is 0 Å². The van der Waals surface area contributed by atoms with Crippen molar-refractivity contribution >= 4 is 21.8 Å². The van der Waals surface area contributed by atoms with E-state index in [2.05, 4.69) is 11.8 Å². The quantitative estimate of drug-likeness (QED) is 0.832. The maximum Gasteiger partial charge on any atom is 0.244 e. The molecule has 110 valence electrons. The number of sulfonamides is 1. The van der Waals surface area contributed by atoms with E-state index in [-0.39, 0.29) is 11.4 Å². The molecule has 0 spiro atoms. The Bertz CT molecular complexity index is 616. The predicted octanol–water partition coefficient (Wildman–Crippen LogP) is 1.29. The van der Waals surface area contributed by atoms with Crippen LogP contribution in [0.15, 0.2) is 23.1 Å². The van der Waals surface area contributed by atoms with E-state index < -0.39 is 10.0 Å². The van der Waals surface area contributed by atoms with E-state index in [9.17, 15) is 8.42 Å². The zero-order valence-electron chi connectivity index (χ0n) is 12.0. The van der Waals surface area contributed by atoms with Crippen molar-refractivity contribution in [2.24, 2.45) is 5.73 Å². The molecule has 1 aromatic carbocycles. The van der Waals surface area contributed by atoms with Crippen molar-refractivity contribution < 1.29 is 8.42 Å². The molecule has 0 amide bonds.